The predicted octanol–water partition coefficient (Wildman–Crippen LogP) is 4.98. The fourth-order valence-electron chi connectivity index (χ4n) is 2.07. The SMILES string of the molecule is O=C(Nc1ccc(Nc2ccc(F)cc2)nc1)c1ccccc1Br. The van der Waals surface area contributed by atoms with Crippen molar-refractivity contribution < 1.29 is 9.18 Å². The first-order valence-corrected chi connectivity index (χ1v) is 7.95. The molecular formula is C18H13BrFN3O. The maximum atomic E-state index is 12.9. The fraction of sp³-hybridized carbons (Fsp3) is 0. The van der Waals surface area contributed by atoms with Gasteiger partial charge in [-0.05, 0) is 64.5 Å². The van der Waals surface area contributed by atoms with Gasteiger partial charge in [-0.15, -0.1) is 0 Å². The fourth-order valence-corrected chi connectivity index (χ4v) is 2.53. The number of pyridine rings is 1. The normalized spacial score (nSPS) is 10.2. The first kappa shape index (κ1) is 16.1. The van der Waals surface area contributed by atoms with Crippen LogP contribution in [0, 0.1) is 5.82 Å². The van der Waals surface area contributed by atoms with Crippen LogP contribution in [0.5, 0.6) is 0 Å². The van der Waals surface area contributed by atoms with Crippen LogP contribution < -0.4 is 10.6 Å². The van der Waals surface area contributed by atoms with E-state index in [4.69, 9.17) is 0 Å². The monoisotopic (exact) mass is 385 g/mol. The van der Waals surface area contributed by atoms with Gasteiger partial charge in [0.25, 0.3) is 5.91 Å². The van der Waals surface area contributed by atoms with Crippen molar-refractivity contribution in [2.24, 2.45) is 0 Å². The highest BCUT2D eigenvalue weighted by atomic mass is 79.9. The summed E-state index contributed by atoms with van der Waals surface area (Å²) >= 11 is 3.35. The summed E-state index contributed by atoms with van der Waals surface area (Å²) in [5, 5.41) is 5.84. The quantitative estimate of drug-likeness (QED) is 0.665. The molecule has 1 aromatic heterocycles. The molecule has 0 unspecified atom stereocenters. The molecule has 0 spiro atoms. The van der Waals surface area contributed by atoms with Crippen LogP contribution in [0.25, 0.3) is 0 Å². The molecule has 0 aliphatic rings. The number of halogens is 2. The van der Waals surface area contributed by atoms with Crippen LogP contribution in [0.15, 0.2) is 71.3 Å². The summed E-state index contributed by atoms with van der Waals surface area (Å²) in [5.74, 6) is 0.0858. The summed E-state index contributed by atoms with van der Waals surface area (Å²) in [7, 11) is 0. The zero-order valence-electron chi connectivity index (χ0n) is 12.5. The zero-order valence-corrected chi connectivity index (χ0v) is 14.0. The molecule has 0 bridgehead atoms. The van der Waals surface area contributed by atoms with Crippen LogP contribution in [-0.2, 0) is 0 Å². The van der Waals surface area contributed by atoms with Crippen LogP contribution in [0.2, 0.25) is 0 Å². The Kier molecular flexibility index (Phi) is 4.86. The molecule has 3 rings (SSSR count). The third kappa shape index (κ3) is 3.97. The van der Waals surface area contributed by atoms with Gasteiger partial charge in [0, 0.05) is 10.2 Å². The summed E-state index contributed by atoms with van der Waals surface area (Å²) in [6.45, 7) is 0. The molecular weight excluding hydrogens is 373 g/mol. The van der Waals surface area contributed by atoms with Crippen molar-refractivity contribution in [3.05, 3.63) is 82.7 Å². The van der Waals surface area contributed by atoms with E-state index in [2.05, 4.69) is 31.5 Å². The number of hydrogen-bond acceptors (Lipinski definition) is 3. The summed E-state index contributed by atoms with van der Waals surface area (Å²) in [6.07, 6.45) is 1.56. The van der Waals surface area contributed by atoms with Crippen molar-refractivity contribution >= 4 is 39.0 Å². The van der Waals surface area contributed by atoms with Crippen molar-refractivity contribution in [3.8, 4) is 0 Å². The number of anilines is 3. The highest BCUT2D eigenvalue weighted by Crippen LogP contribution is 2.19. The van der Waals surface area contributed by atoms with Gasteiger partial charge in [0.1, 0.15) is 11.6 Å². The molecule has 1 amide bonds. The van der Waals surface area contributed by atoms with Gasteiger partial charge in [0.2, 0.25) is 0 Å². The van der Waals surface area contributed by atoms with E-state index in [1.165, 1.54) is 12.1 Å². The van der Waals surface area contributed by atoms with E-state index in [1.54, 1.807) is 42.6 Å². The van der Waals surface area contributed by atoms with Crippen molar-refractivity contribution in [3.63, 3.8) is 0 Å². The average Bonchev–Trinajstić information content (AvgIpc) is 2.59. The second-order valence-electron chi connectivity index (χ2n) is 5.00. The lowest BCUT2D eigenvalue weighted by Gasteiger charge is -2.08. The lowest BCUT2D eigenvalue weighted by molar-refractivity contribution is 0.102. The van der Waals surface area contributed by atoms with Gasteiger partial charge in [-0.3, -0.25) is 4.79 Å². The molecule has 0 saturated carbocycles. The first-order valence-electron chi connectivity index (χ1n) is 7.16. The number of carbonyl (C=O) groups excluding carboxylic acids is 1. The Morgan fingerprint density at radius 3 is 2.33 bits per heavy atom. The summed E-state index contributed by atoms with van der Waals surface area (Å²) in [4.78, 5) is 16.5. The summed E-state index contributed by atoms with van der Waals surface area (Å²) in [6, 6.07) is 16.7. The van der Waals surface area contributed by atoms with E-state index in [0.29, 0.717) is 17.1 Å². The molecule has 2 N–H and O–H groups in total. The van der Waals surface area contributed by atoms with Crippen molar-refractivity contribution in [2.45, 2.75) is 0 Å². The van der Waals surface area contributed by atoms with Gasteiger partial charge in [-0.1, -0.05) is 12.1 Å². The van der Waals surface area contributed by atoms with Crippen molar-refractivity contribution in [2.75, 3.05) is 10.6 Å². The molecule has 6 heteroatoms. The maximum Gasteiger partial charge on any atom is 0.256 e. The minimum absolute atomic E-state index is 0.219. The highest BCUT2D eigenvalue weighted by molar-refractivity contribution is 9.10. The van der Waals surface area contributed by atoms with Crippen LogP contribution in [0.4, 0.5) is 21.6 Å². The van der Waals surface area contributed by atoms with Crippen LogP contribution in [-0.4, -0.2) is 10.9 Å². The molecule has 2 aromatic carbocycles. The molecule has 0 aliphatic heterocycles. The summed E-state index contributed by atoms with van der Waals surface area (Å²) < 4.78 is 13.6. The second kappa shape index (κ2) is 7.23. The van der Waals surface area contributed by atoms with Crippen molar-refractivity contribution in [1.82, 2.24) is 4.98 Å². The van der Waals surface area contributed by atoms with Crippen LogP contribution >= 0.6 is 15.9 Å². The molecule has 120 valence electrons. The Morgan fingerprint density at radius 1 is 0.958 bits per heavy atom. The zero-order chi connectivity index (χ0) is 16.9. The van der Waals surface area contributed by atoms with Gasteiger partial charge in [-0.2, -0.15) is 0 Å². The Morgan fingerprint density at radius 2 is 1.67 bits per heavy atom. The minimum atomic E-state index is -0.293. The molecule has 4 nitrogen and oxygen atoms in total. The van der Waals surface area contributed by atoms with E-state index < -0.39 is 0 Å². The number of rotatable bonds is 4. The first-order chi connectivity index (χ1) is 11.6. The molecule has 24 heavy (non-hydrogen) atoms. The van der Waals surface area contributed by atoms with Gasteiger partial charge in [0.05, 0.1) is 17.4 Å². The molecule has 0 radical (unpaired) electrons. The van der Waals surface area contributed by atoms with Crippen molar-refractivity contribution in [1.29, 1.82) is 0 Å². The maximum absolute atomic E-state index is 12.9. The Hall–Kier alpha value is -2.73. The molecule has 3 aromatic rings. The van der Waals surface area contributed by atoms with E-state index in [0.717, 1.165) is 10.2 Å². The summed E-state index contributed by atoms with van der Waals surface area (Å²) in [5.41, 5.74) is 1.86. The van der Waals surface area contributed by atoms with E-state index in [1.807, 2.05) is 12.1 Å². The standard InChI is InChI=1S/C18H13BrFN3O/c19-16-4-2-1-3-15(16)18(24)23-14-9-10-17(21-11-14)22-13-7-5-12(20)6-8-13/h1-11H,(H,21,22)(H,23,24). The smallest absolute Gasteiger partial charge is 0.256 e. The second-order valence-corrected chi connectivity index (χ2v) is 5.85. The average molecular weight is 386 g/mol. The van der Waals surface area contributed by atoms with Crippen LogP contribution in [0.3, 0.4) is 0 Å². The van der Waals surface area contributed by atoms with Gasteiger partial charge in [0.15, 0.2) is 0 Å². The molecule has 0 aliphatic carbocycles. The number of benzene rings is 2. The number of aromatic nitrogens is 1. The third-order valence-corrected chi connectivity index (χ3v) is 3.95. The van der Waals surface area contributed by atoms with Gasteiger partial charge < -0.3 is 10.6 Å². The van der Waals surface area contributed by atoms with Crippen LogP contribution in [0.1, 0.15) is 10.4 Å². The lowest BCUT2D eigenvalue weighted by atomic mass is 10.2. The molecule has 1 heterocycles. The number of nitrogens with zero attached hydrogens (tertiary/aromatic N) is 1. The minimum Gasteiger partial charge on any atom is -0.340 e. The number of amides is 1. The number of nitrogens with one attached hydrogen (secondary N) is 2. The topological polar surface area (TPSA) is 54.0 Å². The predicted molar refractivity (Wildman–Crippen MR) is 96.0 cm³/mol. The molecule has 0 fully saturated rings. The van der Waals surface area contributed by atoms with Gasteiger partial charge in [-0.25, -0.2) is 9.37 Å². The largest absolute Gasteiger partial charge is 0.340 e. The van der Waals surface area contributed by atoms with E-state index in [9.17, 15) is 9.18 Å². The van der Waals surface area contributed by atoms with E-state index >= 15 is 0 Å². The number of carbonyl (C=O) groups is 1. The third-order valence-electron chi connectivity index (χ3n) is 3.26. The van der Waals surface area contributed by atoms with Gasteiger partial charge >= 0.3 is 0 Å². The Balaban J connectivity index is 1.67. The van der Waals surface area contributed by atoms with E-state index in [-0.39, 0.29) is 11.7 Å². The molecule has 0 saturated heterocycles. The lowest BCUT2D eigenvalue weighted by Crippen LogP contribution is -2.12. The number of hydrogen-bond donors (Lipinski definition) is 2. The Bertz CT molecular complexity index is 851. The highest BCUT2D eigenvalue weighted by Gasteiger charge is 2.09. The Labute approximate surface area is 146 Å². The molecule has 0 atom stereocenters.